The Morgan fingerprint density at radius 2 is 2.05 bits per heavy atom. The number of hydrogen-bond acceptors (Lipinski definition) is 3. The number of hydrogen-bond donors (Lipinski definition) is 1. The van der Waals surface area contributed by atoms with Crippen LogP contribution in [0, 0.1) is 0 Å². The van der Waals surface area contributed by atoms with Crippen molar-refractivity contribution in [3.05, 3.63) is 58.9 Å². The molecule has 1 atom stereocenters. The van der Waals surface area contributed by atoms with E-state index in [0.29, 0.717) is 6.54 Å². The molecular weight excluding hydrogens is 296 g/mol. The minimum atomic E-state index is -3.61. The molecule has 1 aliphatic rings. The number of fused-ring (bicyclic) bond motifs is 1. The first-order valence-electron chi connectivity index (χ1n) is 6.26. The molecule has 1 aromatic heterocycles. The van der Waals surface area contributed by atoms with Crippen LogP contribution in [0.4, 0.5) is 0 Å². The summed E-state index contributed by atoms with van der Waals surface area (Å²) >= 11 is 5.82. The number of benzene rings is 1. The molecule has 0 fully saturated rings. The molecule has 1 unspecified atom stereocenters. The van der Waals surface area contributed by atoms with Crippen molar-refractivity contribution in [1.29, 1.82) is 0 Å². The first kappa shape index (κ1) is 13.5. The highest BCUT2D eigenvalue weighted by Gasteiger charge is 2.27. The highest BCUT2D eigenvalue weighted by Crippen LogP contribution is 2.34. The standard InChI is InChI=1S/C14H13ClN2O2S/c15-14-13(6-3-7-16-14)20(18,19)17-9-11-8-10-4-1-2-5-12(10)11/h1-7,11,17H,8-9H2. The monoisotopic (exact) mass is 308 g/mol. The third-order valence-electron chi connectivity index (χ3n) is 3.50. The molecule has 0 aliphatic heterocycles. The van der Waals surface area contributed by atoms with Crippen LogP contribution < -0.4 is 4.72 Å². The van der Waals surface area contributed by atoms with Gasteiger partial charge in [0.2, 0.25) is 10.0 Å². The van der Waals surface area contributed by atoms with E-state index in [1.54, 1.807) is 6.07 Å². The molecule has 104 valence electrons. The lowest BCUT2D eigenvalue weighted by Gasteiger charge is -2.30. The van der Waals surface area contributed by atoms with Crippen LogP contribution in [0.3, 0.4) is 0 Å². The second kappa shape index (κ2) is 5.16. The summed E-state index contributed by atoms with van der Waals surface area (Å²) < 4.78 is 27.0. The third kappa shape index (κ3) is 2.44. The van der Waals surface area contributed by atoms with Crippen molar-refractivity contribution in [2.24, 2.45) is 0 Å². The fraction of sp³-hybridized carbons (Fsp3) is 0.214. The highest BCUT2D eigenvalue weighted by atomic mass is 35.5. The SMILES string of the molecule is O=S(=O)(NCC1Cc2ccccc21)c1cccnc1Cl. The van der Waals surface area contributed by atoms with Crippen molar-refractivity contribution in [1.82, 2.24) is 9.71 Å². The first-order chi connectivity index (χ1) is 9.58. The molecular formula is C14H13ClN2O2S. The van der Waals surface area contributed by atoms with E-state index in [0.717, 1.165) is 6.42 Å². The van der Waals surface area contributed by atoms with Gasteiger partial charge in [0, 0.05) is 18.7 Å². The van der Waals surface area contributed by atoms with Gasteiger partial charge in [-0.05, 0) is 29.7 Å². The van der Waals surface area contributed by atoms with Gasteiger partial charge in [0.1, 0.15) is 10.0 Å². The van der Waals surface area contributed by atoms with Crippen molar-refractivity contribution in [3.8, 4) is 0 Å². The third-order valence-corrected chi connectivity index (χ3v) is 5.36. The zero-order valence-corrected chi connectivity index (χ0v) is 12.2. The van der Waals surface area contributed by atoms with Gasteiger partial charge in [0.05, 0.1) is 0 Å². The molecule has 4 nitrogen and oxygen atoms in total. The molecule has 1 N–H and O–H groups in total. The fourth-order valence-corrected chi connectivity index (χ4v) is 3.94. The minimum absolute atomic E-state index is 0.00555. The summed E-state index contributed by atoms with van der Waals surface area (Å²) in [4.78, 5) is 3.81. The first-order valence-corrected chi connectivity index (χ1v) is 8.12. The number of rotatable bonds is 4. The number of aromatic nitrogens is 1. The number of sulfonamides is 1. The van der Waals surface area contributed by atoms with E-state index >= 15 is 0 Å². The molecule has 1 aliphatic carbocycles. The Morgan fingerprint density at radius 1 is 1.25 bits per heavy atom. The van der Waals surface area contributed by atoms with Crippen molar-refractivity contribution in [2.45, 2.75) is 17.2 Å². The minimum Gasteiger partial charge on any atom is -0.243 e. The van der Waals surface area contributed by atoms with Crippen molar-refractivity contribution in [3.63, 3.8) is 0 Å². The van der Waals surface area contributed by atoms with Crippen LogP contribution >= 0.6 is 11.6 Å². The Kier molecular flexibility index (Phi) is 3.50. The number of halogens is 1. The summed E-state index contributed by atoms with van der Waals surface area (Å²) in [5, 5.41) is -0.00555. The van der Waals surface area contributed by atoms with Gasteiger partial charge in [0.25, 0.3) is 0 Å². The van der Waals surface area contributed by atoms with Crippen LogP contribution in [0.2, 0.25) is 5.15 Å². The number of pyridine rings is 1. The van der Waals surface area contributed by atoms with E-state index in [4.69, 9.17) is 11.6 Å². The van der Waals surface area contributed by atoms with Crippen molar-refractivity contribution >= 4 is 21.6 Å². The molecule has 0 radical (unpaired) electrons. The van der Waals surface area contributed by atoms with Gasteiger partial charge in [-0.1, -0.05) is 35.9 Å². The summed E-state index contributed by atoms with van der Waals surface area (Å²) in [6.07, 6.45) is 2.36. The lowest BCUT2D eigenvalue weighted by Crippen LogP contribution is -2.33. The van der Waals surface area contributed by atoms with Crippen LogP contribution in [-0.4, -0.2) is 19.9 Å². The number of nitrogens with one attached hydrogen (secondary N) is 1. The zero-order valence-electron chi connectivity index (χ0n) is 10.6. The predicted molar refractivity (Wildman–Crippen MR) is 77.3 cm³/mol. The molecule has 0 bridgehead atoms. The molecule has 1 aromatic carbocycles. The molecule has 6 heteroatoms. The molecule has 2 aromatic rings. The Bertz CT molecular complexity index is 746. The molecule has 0 spiro atoms. The molecule has 1 heterocycles. The summed E-state index contributed by atoms with van der Waals surface area (Å²) in [5.74, 6) is 0.233. The van der Waals surface area contributed by atoms with Gasteiger partial charge in [-0.2, -0.15) is 0 Å². The van der Waals surface area contributed by atoms with Gasteiger partial charge in [-0.15, -0.1) is 0 Å². The van der Waals surface area contributed by atoms with Gasteiger partial charge >= 0.3 is 0 Å². The smallest absolute Gasteiger partial charge is 0.243 e. The van der Waals surface area contributed by atoms with Crippen LogP contribution in [0.25, 0.3) is 0 Å². The van der Waals surface area contributed by atoms with E-state index in [-0.39, 0.29) is 16.0 Å². The molecule has 0 amide bonds. The van der Waals surface area contributed by atoms with Gasteiger partial charge in [-0.3, -0.25) is 0 Å². The quantitative estimate of drug-likeness (QED) is 0.882. The average Bonchev–Trinajstić information content (AvgIpc) is 2.40. The summed E-state index contributed by atoms with van der Waals surface area (Å²) in [5.41, 5.74) is 2.50. The molecule has 3 rings (SSSR count). The largest absolute Gasteiger partial charge is 0.243 e. The predicted octanol–water partition coefficient (Wildman–Crippen LogP) is 2.35. The molecule has 0 saturated heterocycles. The fourth-order valence-electron chi connectivity index (χ4n) is 2.40. The lowest BCUT2D eigenvalue weighted by atomic mass is 9.78. The van der Waals surface area contributed by atoms with Gasteiger partial charge in [0.15, 0.2) is 0 Å². The average molecular weight is 309 g/mol. The van der Waals surface area contributed by atoms with Crippen LogP contribution in [0.15, 0.2) is 47.5 Å². The van der Waals surface area contributed by atoms with E-state index < -0.39 is 10.0 Å². The Hall–Kier alpha value is -1.43. The van der Waals surface area contributed by atoms with E-state index in [1.807, 2.05) is 18.2 Å². The zero-order chi connectivity index (χ0) is 14.2. The molecule has 0 saturated carbocycles. The molecule has 20 heavy (non-hydrogen) atoms. The maximum Gasteiger partial charge on any atom is 0.243 e. The normalized spacial score (nSPS) is 17.4. The Labute approximate surface area is 122 Å². The second-order valence-corrected chi connectivity index (χ2v) is 6.84. The summed E-state index contributed by atoms with van der Waals surface area (Å²) in [7, 11) is -3.61. The van der Waals surface area contributed by atoms with E-state index in [1.165, 1.54) is 23.4 Å². The van der Waals surface area contributed by atoms with Crippen molar-refractivity contribution in [2.75, 3.05) is 6.54 Å². The van der Waals surface area contributed by atoms with Crippen LogP contribution in [-0.2, 0) is 16.4 Å². The maximum atomic E-state index is 12.2. The van der Waals surface area contributed by atoms with E-state index in [9.17, 15) is 8.42 Å². The van der Waals surface area contributed by atoms with Crippen LogP contribution in [0.5, 0.6) is 0 Å². The summed E-state index contributed by atoms with van der Waals surface area (Å²) in [6, 6.07) is 11.1. The van der Waals surface area contributed by atoms with Gasteiger partial charge < -0.3 is 0 Å². The highest BCUT2D eigenvalue weighted by molar-refractivity contribution is 7.89. The topological polar surface area (TPSA) is 59.1 Å². The maximum absolute atomic E-state index is 12.2. The second-order valence-electron chi connectivity index (χ2n) is 4.74. The van der Waals surface area contributed by atoms with Crippen LogP contribution in [0.1, 0.15) is 17.0 Å². The Morgan fingerprint density at radius 3 is 2.80 bits per heavy atom. The summed E-state index contributed by atoms with van der Waals surface area (Å²) in [6.45, 7) is 0.380. The van der Waals surface area contributed by atoms with Crippen molar-refractivity contribution < 1.29 is 8.42 Å². The number of nitrogens with zero attached hydrogens (tertiary/aromatic N) is 1. The Balaban J connectivity index is 1.72. The van der Waals surface area contributed by atoms with Gasteiger partial charge in [-0.25, -0.2) is 18.1 Å². The lowest BCUT2D eigenvalue weighted by molar-refractivity contribution is 0.552. The van der Waals surface area contributed by atoms with E-state index in [2.05, 4.69) is 15.8 Å².